The summed E-state index contributed by atoms with van der Waals surface area (Å²) >= 11 is 0. The molecule has 6 heteroatoms. The highest BCUT2D eigenvalue weighted by molar-refractivity contribution is 5.94. The van der Waals surface area contributed by atoms with E-state index in [4.69, 9.17) is 4.74 Å². The molecule has 0 unspecified atom stereocenters. The van der Waals surface area contributed by atoms with Gasteiger partial charge in [-0.25, -0.2) is 4.98 Å². The number of methoxy groups -OCH3 is 1. The molecule has 154 valence electrons. The summed E-state index contributed by atoms with van der Waals surface area (Å²) < 4.78 is 5.15. The molecule has 2 heterocycles. The first kappa shape index (κ1) is 19.9. The molecule has 0 spiro atoms. The van der Waals surface area contributed by atoms with Crippen LogP contribution in [0.25, 0.3) is 0 Å². The molecule has 1 amide bonds. The van der Waals surface area contributed by atoms with Crippen molar-refractivity contribution < 1.29 is 9.53 Å². The van der Waals surface area contributed by atoms with E-state index in [-0.39, 0.29) is 11.9 Å². The molecule has 1 aromatic heterocycles. The molecule has 2 aromatic carbocycles. The van der Waals surface area contributed by atoms with Crippen LogP contribution >= 0.6 is 0 Å². The summed E-state index contributed by atoms with van der Waals surface area (Å²) in [7, 11) is 1.63. The number of nitrogens with one attached hydrogen (secondary N) is 2. The third-order valence-electron chi connectivity index (χ3n) is 5.32. The molecule has 6 nitrogen and oxygen atoms in total. The van der Waals surface area contributed by atoms with Crippen LogP contribution in [0.4, 0.5) is 5.82 Å². The smallest absolute Gasteiger partial charge is 0.253 e. The zero-order chi connectivity index (χ0) is 20.8. The van der Waals surface area contributed by atoms with Crippen LogP contribution in [0.15, 0.2) is 72.9 Å². The Morgan fingerprint density at radius 2 is 1.93 bits per heavy atom. The van der Waals surface area contributed by atoms with Crippen molar-refractivity contribution in [1.82, 2.24) is 15.6 Å². The summed E-state index contributed by atoms with van der Waals surface area (Å²) in [4.78, 5) is 19.3. The highest BCUT2D eigenvalue weighted by atomic mass is 16.5. The molecular formula is C24H26N4O2. The number of benzene rings is 2. The Balaban J connectivity index is 1.35. The van der Waals surface area contributed by atoms with Crippen LogP contribution < -0.4 is 20.3 Å². The SMILES string of the molecule is COc1ccc(CNC(=O)c2ccc(N3CCN[C@H](c4ccccc4)C3)nc2)cc1. The third kappa shape index (κ3) is 4.78. The maximum absolute atomic E-state index is 12.5. The standard InChI is InChI=1S/C24H26N4O2/c1-30-21-10-7-18(8-11-21)15-27-24(29)20-9-12-23(26-16-20)28-14-13-25-22(17-28)19-5-3-2-4-6-19/h2-12,16,22,25H,13-15,17H2,1H3,(H,27,29)/t22-/m0/s1. The molecule has 30 heavy (non-hydrogen) atoms. The maximum atomic E-state index is 12.5. The Morgan fingerprint density at radius 3 is 2.63 bits per heavy atom. The van der Waals surface area contributed by atoms with E-state index in [1.165, 1.54) is 5.56 Å². The Bertz CT molecular complexity index is 959. The van der Waals surface area contributed by atoms with E-state index in [0.717, 1.165) is 36.8 Å². The molecule has 0 saturated carbocycles. The van der Waals surface area contributed by atoms with Crippen LogP contribution in [-0.2, 0) is 6.54 Å². The summed E-state index contributed by atoms with van der Waals surface area (Å²) in [5, 5.41) is 6.50. The van der Waals surface area contributed by atoms with Crippen molar-refractivity contribution in [1.29, 1.82) is 0 Å². The highest BCUT2D eigenvalue weighted by Crippen LogP contribution is 2.21. The zero-order valence-electron chi connectivity index (χ0n) is 17.0. The number of carbonyl (C=O) groups is 1. The van der Waals surface area contributed by atoms with E-state index in [9.17, 15) is 4.79 Å². The van der Waals surface area contributed by atoms with E-state index in [1.807, 2.05) is 42.5 Å². The summed E-state index contributed by atoms with van der Waals surface area (Å²) in [5.74, 6) is 1.56. The van der Waals surface area contributed by atoms with Gasteiger partial charge in [0.25, 0.3) is 5.91 Å². The highest BCUT2D eigenvalue weighted by Gasteiger charge is 2.21. The fraction of sp³-hybridized carbons (Fsp3) is 0.250. The van der Waals surface area contributed by atoms with Crippen LogP contribution in [0.2, 0.25) is 0 Å². The predicted octanol–water partition coefficient (Wildman–Crippen LogP) is 3.17. The van der Waals surface area contributed by atoms with E-state index in [2.05, 4.69) is 44.8 Å². The van der Waals surface area contributed by atoms with Crippen molar-refractivity contribution in [2.45, 2.75) is 12.6 Å². The van der Waals surface area contributed by atoms with Gasteiger partial charge in [0.05, 0.1) is 12.7 Å². The van der Waals surface area contributed by atoms with Gasteiger partial charge in [-0.15, -0.1) is 0 Å². The van der Waals surface area contributed by atoms with Crippen LogP contribution in [-0.4, -0.2) is 37.6 Å². The molecule has 3 aromatic rings. The molecule has 1 fully saturated rings. The second-order valence-electron chi connectivity index (χ2n) is 7.30. The predicted molar refractivity (Wildman–Crippen MR) is 118 cm³/mol. The van der Waals surface area contributed by atoms with Crippen LogP contribution in [0.5, 0.6) is 5.75 Å². The number of amides is 1. The molecule has 1 aliphatic rings. The molecule has 1 atom stereocenters. The van der Waals surface area contributed by atoms with Crippen molar-refractivity contribution in [2.24, 2.45) is 0 Å². The summed E-state index contributed by atoms with van der Waals surface area (Å²) in [6.45, 7) is 3.09. The van der Waals surface area contributed by atoms with Gasteiger partial charge >= 0.3 is 0 Å². The van der Waals surface area contributed by atoms with Crippen molar-refractivity contribution in [3.8, 4) is 5.75 Å². The molecule has 0 radical (unpaired) electrons. The van der Waals surface area contributed by atoms with Gasteiger partial charge in [-0.05, 0) is 35.4 Å². The van der Waals surface area contributed by atoms with Gasteiger partial charge in [0.1, 0.15) is 11.6 Å². The van der Waals surface area contributed by atoms with Gasteiger partial charge in [0.2, 0.25) is 0 Å². The number of pyridine rings is 1. The quantitative estimate of drug-likeness (QED) is 0.663. The van der Waals surface area contributed by atoms with Crippen LogP contribution in [0, 0.1) is 0 Å². The lowest BCUT2D eigenvalue weighted by Crippen LogP contribution is -2.46. The Labute approximate surface area is 176 Å². The van der Waals surface area contributed by atoms with E-state index < -0.39 is 0 Å². The number of rotatable bonds is 6. The van der Waals surface area contributed by atoms with Gasteiger partial charge < -0.3 is 20.3 Å². The number of hydrogen-bond donors (Lipinski definition) is 2. The number of nitrogens with zero attached hydrogens (tertiary/aromatic N) is 2. The lowest BCUT2D eigenvalue weighted by molar-refractivity contribution is 0.0950. The summed E-state index contributed by atoms with van der Waals surface area (Å²) in [6, 6.07) is 22.1. The Hall–Kier alpha value is -3.38. The number of anilines is 1. The fourth-order valence-electron chi connectivity index (χ4n) is 3.60. The molecule has 1 aliphatic heterocycles. The lowest BCUT2D eigenvalue weighted by atomic mass is 10.0. The van der Waals surface area contributed by atoms with Crippen molar-refractivity contribution in [3.05, 3.63) is 89.6 Å². The van der Waals surface area contributed by atoms with Crippen molar-refractivity contribution >= 4 is 11.7 Å². The first-order chi connectivity index (χ1) is 14.7. The number of aromatic nitrogens is 1. The van der Waals surface area contributed by atoms with Gasteiger partial charge in [-0.1, -0.05) is 42.5 Å². The molecule has 2 N–H and O–H groups in total. The fourth-order valence-corrected chi connectivity index (χ4v) is 3.60. The molecule has 1 saturated heterocycles. The number of piperazine rings is 1. The van der Waals surface area contributed by atoms with E-state index in [1.54, 1.807) is 13.3 Å². The third-order valence-corrected chi connectivity index (χ3v) is 5.32. The monoisotopic (exact) mass is 402 g/mol. The molecular weight excluding hydrogens is 376 g/mol. The Morgan fingerprint density at radius 1 is 1.13 bits per heavy atom. The maximum Gasteiger partial charge on any atom is 0.253 e. The Kier molecular flexibility index (Phi) is 6.25. The minimum Gasteiger partial charge on any atom is -0.497 e. The van der Waals surface area contributed by atoms with Crippen molar-refractivity contribution in [3.63, 3.8) is 0 Å². The minimum absolute atomic E-state index is 0.132. The van der Waals surface area contributed by atoms with Crippen molar-refractivity contribution in [2.75, 3.05) is 31.6 Å². The summed E-state index contributed by atoms with van der Waals surface area (Å²) in [5.41, 5.74) is 2.85. The topological polar surface area (TPSA) is 66.5 Å². The lowest BCUT2D eigenvalue weighted by Gasteiger charge is -2.34. The largest absolute Gasteiger partial charge is 0.497 e. The molecule has 0 bridgehead atoms. The first-order valence-corrected chi connectivity index (χ1v) is 10.1. The number of carbonyl (C=O) groups excluding carboxylic acids is 1. The second-order valence-corrected chi connectivity index (χ2v) is 7.30. The number of ether oxygens (including phenoxy) is 1. The van der Waals surface area contributed by atoms with Crippen LogP contribution in [0.1, 0.15) is 27.5 Å². The molecule has 0 aliphatic carbocycles. The average Bonchev–Trinajstić information content (AvgIpc) is 2.83. The van der Waals surface area contributed by atoms with Gasteiger partial charge in [0, 0.05) is 38.4 Å². The van der Waals surface area contributed by atoms with E-state index in [0.29, 0.717) is 12.1 Å². The van der Waals surface area contributed by atoms with Crippen LogP contribution in [0.3, 0.4) is 0 Å². The van der Waals surface area contributed by atoms with Gasteiger partial charge in [-0.3, -0.25) is 4.79 Å². The van der Waals surface area contributed by atoms with Gasteiger partial charge in [0.15, 0.2) is 0 Å². The molecule has 4 rings (SSSR count). The van der Waals surface area contributed by atoms with E-state index >= 15 is 0 Å². The summed E-state index contributed by atoms with van der Waals surface area (Å²) in [6.07, 6.45) is 1.65. The normalized spacial score (nSPS) is 16.2. The van der Waals surface area contributed by atoms with Gasteiger partial charge in [-0.2, -0.15) is 0 Å². The number of hydrogen-bond acceptors (Lipinski definition) is 5. The second kappa shape index (κ2) is 9.41. The minimum atomic E-state index is -0.132. The zero-order valence-corrected chi connectivity index (χ0v) is 17.0. The first-order valence-electron chi connectivity index (χ1n) is 10.1. The average molecular weight is 402 g/mol.